The van der Waals surface area contributed by atoms with Crippen LogP contribution in [-0.4, -0.2) is 45.9 Å². The Kier molecular flexibility index (Phi) is 7.07. The molecule has 0 saturated carbocycles. The molecule has 2 atom stereocenters. The van der Waals surface area contributed by atoms with Gasteiger partial charge in [0.15, 0.2) is 0 Å². The van der Waals surface area contributed by atoms with Crippen LogP contribution in [0.15, 0.2) is 60.7 Å². The number of amides is 1. The topological polar surface area (TPSA) is 42.0 Å². The van der Waals surface area contributed by atoms with Crippen LogP contribution in [0.1, 0.15) is 52.7 Å². The first-order valence-electron chi connectivity index (χ1n) is 11.1. The lowest BCUT2D eigenvalue weighted by Gasteiger charge is -2.39. The number of ether oxygens (including phenoxy) is 2. The van der Waals surface area contributed by atoms with Gasteiger partial charge >= 0.3 is 6.09 Å². The monoisotopic (exact) mass is 424 g/mol. The van der Waals surface area contributed by atoms with Crippen molar-refractivity contribution in [2.24, 2.45) is 0 Å². The molecule has 2 aromatic carbocycles. The van der Waals surface area contributed by atoms with Gasteiger partial charge in [-0.3, -0.25) is 9.80 Å². The number of hydrogen-bond donors (Lipinski definition) is 0. The number of hydrogen-bond acceptors (Lipinski definition) is 4. The van der Waals surface area contributed by atoms with E-state index in [1.54, 1.807) is 4.90 Å². The maximum absolute atomic E-state index is 13.1. The van der Waals surface area contributed by atoms with Crippen molar-refractivity contribution >= 4 is 6.09 Å². The molecule has 0 bridgehead atoms. The molecule has 1 heterocycles. The lowest BCUT2D eigenvalue weighted by Crippen LogP contribution is -2.54. The molecular weight excluding hydrogens is 388 g/mol. The zero-order valence-corrected chi connectivity index (χ0v) is 19.7. The Hall–Kier alpha value is -2.37. The van der Waals surface area contributed by atoms with Crippen LogP contribution in [0.3, 0.4) is 0 Å². The molecular formula is C26H36N2O3. The van der Waals surface area contributed by atoms with Crippen LogP contribution in [0.25, 0.3) is 0 Å². The van der Waals surface area contributed by atoms with Crippen LogP contribution in [0.2, 0.25) is 0 Å². The van der Waals surface area contributed by atoms with Gasteiger partial charge in [0.05, 0.1) is 12.1 Å². The fourth-order valence-corrected chi connectivity index (χ4v) is 4.27. The molecule has 1 aliphatic rings. The molecule has 5 heteroatoms. The summed E-state index contributed by atoms with van der Waals surface area (Å²) >= 11 is 0. The quantitative estimate of drug-likeness (QED) is 0.593. The SMILES string of the molecule is C[C@@H](OC(=O)N1C(C)(C)COC1(C)C)[C@H](C)N(Cc1ccccc1)Cc1ccccc1. The Bertz CT molecular complexity index is 794. The predicted molar refractivity (Wildman–Crippen MR) is 123 cm³/mol. The number of carbonyl (C=O) groups excluding carboxylic acids is 1. The zero-order chi connectivity index (χ0) is 22.6. The predicted octanol–water partition coefficient (Wildman–Crippen LogP) is 5.45. The summed E-state index contributed by atoms with van der Waals surface area (Å²) in [5.41, 5.74) is 1.38. The van der Waals surface area contributed by atoms with Crippen molar-refractivity contribution in [3.05, 3.63) is 71.8 Å². The maximum atomic E-state index is 13.1. The van der Waals surface area contributed by atoms with Gasteiger partial charge in [0, 0.05) is 19.1 Å². The molecule has 0 aromatic heterocycles. The third-order valence-electron chi connectivity index (χ3n) is 6.10. The highest BCUT2D eigenvalue weighted by atomic mass is 16.6. The average Bonchev–Trinajstić information content (AvgIpc) is 2.95. The number of benzene rings is 2. The first kappa shape index (κ1) is 23.3. The lowest BCUT2D eigenvalue weighted by atomic mass is 10.0. The highest BCUT2D eigenvalue weighted by Gasteiger charge is 2.50. The fraction of sp³-hybridized carbons (Fsp3) is 0.500. The van der Waals surface area contributed by atoms with Gasteiger partial charge in [0.25, 0.3) is 0 Å². The van der Waals surface area contributed by atoms with E-state index in [0.717, 1.165) is 13.1 Å². The van der Waals surface area contributed by atoms with Crippen LogP contribution in [0.5, 0.6) is 0 Å². The summed E-state index contributed by atoms with van der Waals surface area (Å²) in [6, 6.07) is 20.8. The smallest absolute Gasteiger partial charge is 0.412 e. The maximum Gasteiger partial charge on any atom is 0.412 e. The van der Waals surface area contributed by atoms with Crippen molar-refractivity contribution in [3.8, 4) is 0 Å². The van der Waals surface area contributed by atoms with Crippen LogP contribution in [0.4, 0.5) is 4.79 Å². The van der Waals surface area contributed by atoms with E-state index in [2.05, 4.69) is 60.4 Å². The number of carbonyl (C=O) groups is 1. The van der Waals surface area contributed by atoms with E-state index in [9.17, 15) is 4.79 Å². The molecule has 1 fully saturated rings. The molecule has 0 N–H and O–H groups in total. The molecule has 5 nitrogen and oxygen atoms in total. The van der Waals surface area contributed by atoms with Crippen molar-refractivity contribution in [1.82, 2.24) is 9.80 Å². The second-order valence-corrected chi connectivity index (χ2v) is 9.59. The molecule has 0 aliphatic carbocycles. The van der Waals surface area contributed by atoms with Gasteiger partial charge in [-0.15, -0.1) is 0 Å². The second kappa shape index (κ2) is 9.41. The first-order valence-corrected chi connectivity index (χ1v) is 11.1. The van der Waals surface area contributed by atoms with Gasteiger partial charge in [0.2, 0.25) is 0 Å². The van der Waals surface area contributed by atoms with E-state index in [-0.39, 0.29) is 18.2 Å². The highest BCUT2D eigenvalue weighted by molar-refractivity contribution is 5.70. The third kappa shape index (κ3) is 5.66. The number of rotatable bonds is 7. The van der Waals surface area contributed by atoms with Crippen LogP contribution >= 0.6 is 0 Å². The van der Waals surface area contributed by atoms with Crippen LogP contribution in [-0.2, 0) is 22.6 Å². The second-order valence-electron chi connectivity index (χ2n) is 9.59. The van der Waals surface area contributed by atoms with E-state index in [1.807, 2.05) is 46.8 Å². The Balaban J connectivity index is 1.74. The molecule has 1 amide bonds. The molecule has 31 heavy (non-hydrogen) atoms. The normalized spacial score (nSPS) is 19.3. The van der Waals surface area contributed by atoms with Gasteiger partial charge in [-0.05, 0) is 52.7 Å². The van der Waals surface area contributed by atoms with Crippen molar-refractivity contribution in [2.45, 2.75) is 78.0 Å². The van der Waals surface area contributed by atoms with Crippen molar-refractivity contribution in [1.29, 1.82) is 0 Å². The summed E-state index contributed by atoms with van der Waals surface area (Å²) in [7, 11) is 0. The van der Waals surface area contributed by atoms with Gasteiger partial charge < -0.3 is 9.47 Å². The molecule has 0 unspecified atom stereocenters. The van der Waals surface area contributed by atoms with Crippen LogP contribution < -0.4 is 0 Å². The standard InChI is InChI=1S/C26H36N2O3/c1-20(21(2)31-24(29)28-25(3,4)19-30-26(28,5)6)27(17-22-13-9-7-10-14-22)18-23-15-11-8-12-16-23/h7-16,20-21H,17-19H2,1-6H3/t20-,21+/m0/s1. The van der Waals surface area contributed by atoms with Gasteiger partial charge in [-0.25, -0.2) is 4.79 Å². The number of nitrogens with zero attached hydrogens (tertiary/aromatic N) is 2. The third-order valence-corrected chi connectivity index (χ3v) is 6.10. The van der Waals surface area contributed by atoms with Gasteiger partial charge in [0.1, 0.15) is 11.8 Å². The van der Waals surface area contributed by atoms with E-state index < -0.39 is 11.3 Å². The van der Waals surface area contributed by atoms with E-state index >= 15 is 0 Å². The van der Waals surface area contributed by atoms with Crippen molar-refractivity contribution in [3.63, 3.8) is 0 Å². The van der Waals surface area contributed by atoms with E-state index in [1.165, 1.54) is 11.1 Å². The van der Waals surface area contributed by atoms with E-state index in [4.69, 9.17) is 9.47 Å². The summed E-state index contributed by atoms with van der Waals surface area (Å²) in [5, 5.41) is 0. The summed E-state index contributed by atoms with van der Waals surface area (Å²) in [5.74, 6) is 0. The molecule has 168 valence electrons. The van der Waals surface area contributed by atoms with Crippen LogP contribution in [0, 0.1) is 0 Å². The average molecular weight is 425 g/mol. The minimum Gasteiger partial charge on any atom is -0.445 e. The lowest BCUT2D eigenvalue weighted by molar-refractivity contribution is -0.0640. The Morgan fingerprint density at radius 1 is 0.968 bits per heavy atom. The van der Waals surface area contributed by atoms with Gasteiger partial charge in [-0.2, -0.15) is 0 Å². The minimum absolute atomic E-state index is 0.0270. The molecule has 1 saturated heterocycles. The Labute approximate surface area is 187 Å². The van der Waals surface area contributed by atoms with Gasteiger partial charge in [-0.1, -0.05) is 60.7 Å². The largest absolute Gasteiger partial charge is 0.445 e. The van der Waals surface area contributed by atoms with Crippen molar-refractivity contribution < 1.29 is 14.3 Å². The summed E-state index contributed by atoms with van der Waals surface area (Å²) in [6.45, 7) is 14.0. The Morgan fingerprint density at radius 3 is 1.87 bits per heavy atom. The molecule has 0 radical (unpaired) electrons. The van der Waals surface area contributed by atoms with Crippen molar-refractivity contribution in [2.75, 3.05) is 6.61 Å². The Morgan fingerprint density at radius 2 is 1.45 bits per heavy atom. The molecule has 0 spiro atoms. The van der Waals surface area contributed by atoms with E-state index in [0.29, 0.717) is 6.61 Å². The summed E-state index contributed by atoms with van der Waals surface area (Å²) < 4.78 is 11.8. The summed E-state index contributed by atoms with van der Waals surface area (Å²) in [6.07, 6.45) is -0.613. The molecule has 3 rings (SSSR count). The molecule has 2 aromatic rings. The zero-order valence-electron chi connectivity index (χ0n) is 19.7. The summed E-state index contributed by atoms with van der Waals surface area (Å²) in [4.78, 5) is 17.2. The highest BCUT2D eigenvalue weighted by Crippen LogP contribution is 2.35. The minimum atomic E-state index is -0.683. The first-order chi connectivity index (χ1) is 14.6. The fourth-order valence-electron chi connectivity index (χ4n) is 4.27. The molecule has 1 aliphatic heterocycles.